The van der Waals surface area contributed by atoms with Crippen LogP contribution in [-0.4, -0.2) is 22.7 Å². The van der Waals surface area contributed by atoms with Crippen LogP contribution in [0.2, 0.25) is 0 Å². The molecule has 0 saturated heterocycles. The van der Waals surface area contributed by atoms with Crippen molar-refractivity contribution in [1.82, 2.24) is 10.2 Å². The highest BCUT2D eigenvalue weighted by Crippen LogP contribution is 2.18. The SMILES string of the molecule is CCCOc1ccc(C(=O)Nc2nnc(CCC)s2)cc1. The number of aromatic nitrogens is 2. The van der Waals surface area contributed by atoms with Crippen molar-refractivity contribution in [3.63, 3.8) is 0 Å². The first-order valence-corrected chi connectivity index (χ1v) is 7.91. The predicted molar refractivity (Wildman–Crippen MR) is 84.1 cm³/mol. The average Bonchev–Trinajstić information content (AvgIpc) is 2.93. The number of hydrogen-bond acceptors (Lipinski definition) is 5. The number of ether oxygens (including phenoxy) is 1. The van der Waals surface area contributed by atoms with Gasteiger partial charge in [-0.25, -0.2) is 0 Å². The topological polar surface area (TPSA) is 64.1 Å². The maximum atomic E-state index is 12.1. The van der Waals surface area contributed by atoms with Gasteiger partial charge in [0.25, 0.3) is 5.91 Å². The van der Waals surface area contributed by atoms with Gasteiger partial charge in [0, 0.05) is 12.0 Å². The molecule has 1 aromatic carbocycles. The Bertz CT molecular complexity index is 581. The van der Waals surface area contributed by atoms with E-state index in [9.17, 15) is 4.79 Å². The number of nitrogens with zero attached hydrogens (tertiary/aromatic N) is 2. The zero-order chi connectivity index (χ0) is 15.1. The van der Waals surface area contributed by atoms with E-state index in [1.807, 2.05) is 0 Å². The number of aryl methyl sites for hydroxylation is 1. The Kier molecular flexibility index (Phi) is 5.68. The van der Waals surface area contributed by atoms with E-state index in [4.69, 9.17) is 4.74 Å². The summed E-state index contributed by atoms with van der Waals surface area (Å²) in [6, 6.07) is 7.09. The van der Waals surface area contributed by atoms with Gasteiger partial charge < -0.3 is 4.74 Å². The fraction of sp³-hybridized carbons (Fsp3) is 0.400. The molecule has 1 amide bonds. The van der Waals surface area contributed by atoms with Crippen LogP contribution >= 0.6 is 11.3 Å². The van der Waals surface area contributed by atoms with E-state index in [0.29, 0.717) is 17.3 Å². The van der Waals surface area contributed by atoms with Crippen LogP contribution in [0.15, 0.2) is 24.3 Å². The second-order valence-corrected chi connectivity index (χ2v) is 5.64. The van der Waals surface area contributed by atoms with Crippen LogP contribution in [0.1, 0.15) is 42.1 Å². The van der Waals surface area contributed by atoms with Crippen molar-refractivity contribution in [3.8, 4) is 5.75 Å². The Balaban J connectivity index is 1.95. The number of amides is 1. The zero-order valence-corrected chi connectivity index (χ0v) is 13.1. The Morgan fingerprint density at radius 1 is 1.19 bits per heavy atom. The Morgan fingerprint density at radius 3 is 2.62 bits per heavy atom. The standard InChI is InChI=1S/C15H19N3O2S/c1-3-5-13-17-18-15(21-13)16-14(19)11-6-8-12(9-7-11)20-10-4-2/h6-9H,3-5,10H2,1-2H3,(H,16,18,19). The summed E-state index contributed by atoms with van der Waals surface area (Å²) in [5.41, 5.74) is 0.575. The first-order chi connectivity index (χ1) is 10.2. The van der Waals surface area contributed by atoms with Gasteiger partial charge in [0.05, 0.1) is 6.61 Å². The lowest BCUT2D eigenvalue weighted by molar-refractivity contribution is 0.102. The predicted octanol–water partition coefficient (Wildman–Crippen LogP) is 3.53. The lowest BCUT2D eigenvalue weighted by atomic mass is 10.2. The fourth-order valence-electron chi connectivity index (χ4n) is 1.71. The van der Waals surface area contributed by atoms with E-state index in [1.165, 1.54) is 11.3 Å². The van der Waals surface area contributed by atoms with Crippen LogP contribution in [0.4, 0.5) is 5.13 Å². The highest BCUT2D eigenvalue weighted by atomic mass is 32.1. The number of anilines is 1. The number of nitrogens with one attached hydrogen (secondary N) is 1. The highest BCUT2D eigenvalue weighted by molar-refractivity contribution is 7.15. The number of rotatable bonds is 7. The van der Waals surface area contributed by atoms with Gasteiger partial charge in [-0.1, -0.05) is 25.2 Å². The molecule has 0 spiro atoms. The van der Waals surface area contributed by atoms with Crippen molar-refractivity contribution >= 4 is 22.4 Å². The van der Waals surface area contributed by atoms with Crippen molar-refractivity contribution in [2.75, 3.05) is 11.9 Å². The number of carbonyl (C=O) groups excluding carboxylic acids is 1. The van der Waals surface area contributed by atoms with Gasteiger partial charge >= 0.3 is 0 Å². The lowest BCUT2D eigenvalue weighted by Gasteiger charge is -2.05. The fourth-order valence-corrected chi connectivity index (χ4v) is 2.55. The molecule has 6 heteroatoms. The minimum Gasteiger partial charge on any atom is -0.494 e. The monoisotopic (exact) mass is 305 g/mol. The number of carbonyl (C=O) groups is 1. The minimum atomic E-state index is -0.184. The highest BCUT2D eigenvalue weighted by Gasteiger charge is 2.10. The molecule has 0 aliphatic heterocycles. The molecule has 1 N–H and O–H groups in total. The second kappa shape index (κ2) is 7.73. The maximum Gasteiger partial charge on any atom is 0.257 e. The molecule has 0 saturated carbocycles. The summed E-state index contributed by atoms with van der Waals surface area (Å²) in [4.78, 5) is 12.1. The summed E-state index contributed by atoms with van der Waals surface area (Å²) in [6.07, 6.45) is 2.86. The first kappa shape index (κ1) is 15.4. The summed E-state index contributed by atoms with van der Waals surface area (Å²) in [6.45, 7) is 4.81. The Morgan fingerprint density at radius 2 is 1.95 bits per heavy atom. The molecule has 0 bridgehead atoms. The van der Waals surface area contributed by atoms with Crippen LogP contribution < -0.4 is 10.1 Å². The van der Waals surface area contributed by atoms with E-state index in [0.717, 1.165) is 30.0 Å². The van der Waals surface area contributed by atoms with Crippen molar-refractivity contribution in [3.05, 3.63) is 34.8 Å². The lowest BCUT2D eigenvalue weighted by Crippen LogP contribution is -2.11. The molecule has 5 nitrogen and oxygen atoms in total. The normalized spacial score (nSPS) is 10.4. The van der Waals surface area contributed by atoms with E-state index in [2.05, 4.69) is 29.4 Å². The smallest absolute Gasteiger partial charge is 0.257 e. The molecule has 0 aliphatic carbocycles. The van der Waals surface area contributed by atoms with Gasteiger partial charge in [-0.15, -0.1) is 10.2 Å². The summed E-state index contributed by atoms with van der Waals surface area (Å²) in [7, 11) is 0. The van der Waals surface area contributed by atoms with Gasteiger partial charge in [-0.3, -0.25) is 10.1 Å². The van der Waals surface area contributed by atoms with E-state index in [1.54, 1.807) is 24.3 Å². The van der Waals surface area contributed by atoms with Gasteiger partial charge in [-0.2, -0.15) is 0 Å². The zero-order valence-electron chi connectivity index (χ0n) is 12.3. The van der Waals surface area contributed by atoms with Crippen molar-refractivity contribution in [1.29, 1.82) is 0 Å². The second-order valence-electron chi connectivity index (χ2n) is 4.58. The molecule has 112 valence electrons. The summed E-state index contributed by atoms with van der Waals surface area (Å²) < 4.78 is 5.49. The van der Waals surface area contributed by atoms with Crippen LogP contribution in [0.5, 0.6) is 5.75 Å². The van der Waals surface area contributed by atoms with Crippen molar-refractivity contribution in [2.24, 2.45) is 0 Å². The molecule has 2 aromatic rings. The maximum absolute atomic E-state index is 12.1. The number of hydrogen-bond donors (Lipinski definition) is 1. The minimum absolute atomic E-state index is 0.184. The van der Waals surface area contributed by atoms with Crippen LogP contribution in [0, 0.1) is 0 Å². The first-order valence-electron chi connectivity index (χ1n) is 7.09. The van der Waals surface area contributed by atoms with Gasteiger partial charge in [0.2, 0.25) is 5.13 Å². The molecular formula is C15H19N3O2S. The number of benzene rings is 1. The summed E-state index contributed by atoms with van der Waals surface area (Å²) in [5, 5.41) is 12.2. The molecule has 0 atom stereocenters. The third-order valence-electron chi connectivity index (χ3n) is 2.74. The van der Waals surface area contributed by atoms with Gasteiger partial charge in [-0.05, 0) is 37.1 Å². The van der Waals surface area contributed by atoms with Crippen LogP contribution in [-0.2, 0) is 6.42 Å². The molecule has 0 fully saturated rings. The average molecular weight is 305 g/mol. The van der Waals surface area contributed by atoms with Crippen LogP contribution in [0.3, 0.4) is 0 Å². The third kappa shape index (κ3) is 4.53. The quantitative estimate of drug-likeness (QED) is 0.850. The summed E-state index contributed by atoms with van der Waals surface area (Å²) in [5.74, 6) is 0.589. The molecule has 0 radical (unpaired) electrons. The Labute approximate surface area is 128 Å². The van der Waals surface area contributed by atoms with Gasteiger partial charge in [0.1, 0.15) is 10.8 Å². The van der Waals surface area contributed by atoms with E-state index in [-0.39, 0.29) is 5.91 Å². The molecule has 1 heterocycles. The molecule has 2 rings (SSSR count). The van der Waals surface area contributed by atoms with Crippen molar-refractivity contribution < 1.29 is 9.53 Å². The molecule has 1 aromatic heterocycles. The largest absolute Gasteiger partial charge is 0.494 e. The van der Waals surface area contributed by atoms with Crippen molar-refractivity contribution in [2.45, 2.75) is 33.1 Å². The molecule has 21 heavy (non-hydrogen) atoms. The molecule has 0 aliphatic rings. The van der Waals surface area contributed by atoms with Crippen LogP contribution in [0.25, 0.3) is 0 Å². The van der Waals surface area contributed by atoms with E-state index >= 15 is 0 Å². The Hall–Kier alpha value is -1.95. The molecular weight excluding hydrogens is 286 g/mol. The summed E-state index contributed by atoms with van der Waals surface area (Å²) >= 11 is 1.42. The van der Waals surface area contributed by atoms with Gasteiger partial charge in [0.15, 0.2) is 0 Å². The molecule has 0 unspecified atom stereocenters. The third-order valence-corrected chi connectivity index (χ3v) is 3.64. The van der Waals surface area contributed by atoms with E-state index < -0.39 is 0 Å².